The predicted octanol–water partition coefficient (Wildman–Crippen LogP) is 3.01. The van der Waals surface area contributed by atoms with E-state index in [9.17, 15) is 0 Å². The molecule has 5 heteroatoms. The fourth-order valence-electron chi connectivity index (χ4n) is 2.88. The second-order valence-corrected chi connectivity index (χ2v) is 6.53. The van der Waals surface area contributed by atoms with E-state index in [1.165, 1.54) is 16.4 Å². The largest absolute Gasteiger partial charge is 0.378 e. The van der Waals surface area contributed by atoms with E-state index in [1.807, 2.05) is 0 Å². The highest BCUT2D eigenvalue weighted by molar-refractivity contribution is 7.09. The van der Waals surface area contributed by atoms with E-state index in [2.05, 4.69) is 47.1 Å². The predicted molar refractivity (Wildman–Crippen MR) is 85.5 cm³/mol. The van der Waals surface area contributed by atoms with Crippen LogP contribution in [0.4, 0.5) is 0 Å². The molecule has 0 spiro atoms. The van der Waals surface area contributed by atoms with Gasteiger partial charge in [-0.15, -0.1) is 11.3 Å². The molecule has 114 valence electrons. The van der Waals surface area contributed by atoms with E-state index in [1.54, 1.807) is 11.3 Å². The van der Waals surface area contributed by atoms with Crippen LogP contribution in [-0.4, -0.2) is 34.2 Å². The number of nitrogens with zero attached hydrogens (tertiary/aromatic N) is 3. The number of ether oxygens (including phenoxy) is 1. The Kier molecular flexibility index (Phi) is 4.73. The first kappa shape index (κ1) is 14.8. The lowest BCUT2D eigenvalue weighted by molar-refractivity contribution is -0.0156. The molecule has 0 radical (unpaired) electrons. The molecule has 3 heterocycles. The van der Waals surface area contributed by atoms with Gasteiger partial charge in [0, 0.05) is 37.4 Å². The van der Waals surface area contributed by atoms with Crippen molar-refractivity contribution in [2.75, 3.05) is 19.8 Å². The molecule has 1 atom stereocenters. The molecule has 0 bridgehead atoms. The minimum atomic E-state index is 0.329. The van der Waals surface area contributed by atoms with Crippen molar-refractivity contribution >= 4 is 11.3 Å². The van der Waals surface area contributed by atoms with Crippen molar-refractivity contribution in [3.8, 4) is 0 Å². The van der Waals surface area contributed by atoms with Gasteiger partial charge in [0.2, 0.25) is 0 Å². The highest BCUT2D eigenvalue weighted by Crippen LogP contribution is 2.26. The minimum Gasteiger partial charge on any atom is -0.378 e. The lowest BCUT2D eigenvalue weighted by Gasteiger charge is -2.35. The molecule has 1 fully saturated rings. The van der Waals surface area contributed by atoms with Gasteiger partial charge in [-0.1, -0.05) is 6.92 Å². The molecule has 0 saturated carbocycles. The lowest BCUT2D eigenvalue weighted by Crippen LogP contribution is -2.39. The van der Waals surface area contributed by atoms with E-state index < -0.39 is 0 Å². The third-order valence-corrected chi connectivity index (χ3v) is 4.95. The summed E-state index contributed by atoms with van der Waals surface area (Å²) in [6, 6.07) is 4.62. The molecule has 0 N–H and O–H groups in total. The van der Waals surface area contributed by atoms with Gasteiger partial charge in [-0.3, -0.25) is 4.90 Å². The topological polar surface area (TPSA) is 30.3 Å². The molecular weight excluding hydrogens is 282 g/mol. The van der Waals surface area contributed by atoms with Crippen molar-refractivity contribution in [3.05, 3.63) is 40.1 Å². The fraction of sp³-hybridized carbons (Fsp3) is 0.562. The van der Waals surface area contributed by atoms with Crippen LogP contribution in [0.15, 0.2) is 23.7 Å². The Morgan fingerprint density at radius 2 is 2.38 bits per heavy atom. The summed E-state index contributed by atoms with van der Waals surface area (Å²) in [7, 11) is 2.10. The zero-order valence-electron chi connectivity index (χ0n) is 12.8. The summed E-state index contributed by atoms with van der Waals surface area (Å²) < 4.78 is 7.89. The van der Waals surface area contributed by atoms with E-state index in [4.69, 9.17) is 9.72 Å². The van der Waals surface area contributed by atoms with Crippen LogP contribution in [0.3, 0.4) is 0 Å². The molecule has 0 aliphatic carbocycles. The third kappa shape index (κ3) is 3.36. The van der Waals surface area contributed by atoms with Gasteiger partial charge in [0.1, 0.15) is 0 Å². The average molecular weight is 305 g/mol. The maximum absolute atomic E-state index is 5.70. The highest BCUT2D eigenvalue weighted by Gasteiger charge is 2.26. The first-order valence-electron chi connectivity index (χ1n) is 7.64. The molecule has 1 aliphatic heterocycles. The standard InChI is InChI=1S/C16H23N3OS/c1-3-5-16-17-13(12-21-16)10-19-8-9-20-11-15(19)14-6-4-7-18(14)2/h4,6-7,12,15H,3,5,8-11H2,1-2H3. The van der Waals surface area contributed by atoms with Crippen molar-refractivity contribution in [2.24, 2.45) is 7.05 Å². The smallest absolute Gasteiger partial charge is 0.0928 e. The van der Waals surface area contributed by atoms with Crippen LogP contribution in [0.1, 0.15) is 35.8 Å². The van der Waals surface area contributed by atoms with Crippen molar-refractivity contribution in [3.63, 3.8) is 0 Å². The number of aromatic nitrogens is 2. The maximum Gasteiger partial charge on any atom is 0.0928 e. The highest BCUT2D eigenvalue weighted by atomic mass is 32.1. The van der Waals surface area contributed by atoms with Gasteiger partial charge in [-0.2, -0.15) is 0 Å². The molecule has 3 rings (SSSR count). The van der Waals surface area contributed by atoms with Crippen LogP contribution in [0.5, 0.6) is 0 Å². The lowest BCUT2D eigenvalue weighted by atomic mass is 10.1. The van der Waals surface area contributed by atoms with E-state index in [0.717, 1.165) is 39.1 Å². The number of hydrogen-bond acceptors (Lipinski definition) is 4. The van der Waals surface area contributed by atoms with E-state index in [0.29, 0.717) is 6.04 Å². The van der Waals surface area contributed by atoms with Crippen LogP contribution in [0.2, 0.25) is 0 Å². The summed E-state index contributed by atoms with van der Waals surface area (Å²) in [6.07, 6.45) is 4.36. The SMILES string of the molecule is CCCc1nc(CN2CCOCC2c2cccn2C)cs1. The summed E-state index contributed by atoms with van der Waals surface area (Å²) >= 11 is 1.79. The Morgan fingerprint density at radius 1 is 1.48 bits per heavy atom. The summed E-state index contributed by atoms with van der Waals surface area (Å²) in [6.45, 7) is 5.67. The quantitative estimate of drug-likeness (QED) is 0.850. The van der Waals surface area contributed by atoms with Crippen LogP contribution >= 0.6 is 11.3 Å². The number of aryl methyl sites for hydroxylation is 2. The third-order valence-electron chi connectivity index (χ3n) is 3.99. The maximum atomic E-state index is 5.70. The number of thiazole rings is 1. The van der Waals surface area contributed by atoms with Crippen LogP contribution in [0.25, 0.3) is 0 Å². The zero-order chi connectivity index (χ0) is 14.7. The summed E-state index contributed by atoms with van der Waals surface area (Å²) in [5.41, 5.74) is 2.52. The van der Waals surface area contributed by atoms with Crippen LogP contribution in [-0.2, 0) is 24.8 Å². The Morgan fingerprint density at radius 3 is 3.14 bits per heavy atom. The van der Waals surface area contributed by atoms with Crippen LogP contribution < -0.4 is 0 Å². The molecule has 2 aromatic rings. The monoisotopic (exact) mass is 305 g/mol. The first-order chi connectivity index (χ1) is 10.3. The Hall–Kier alpha value is -1.17. The minimum absolute atomic E-state index is 0.329. The van der Waals surface area contributed by atoms with Gasteiger partial charge in [0.15, 0.2) is 0 Å². The van der Waals surface area contributed by atoms with E-state index >= 15 is 0 Å². The fourth-order valence-corrected chi connectivity index (χ4v) is 3.77. The molecule has 2 aromatic heterocycles. The Bertz CT molecular complexity index is 578. The van der Waals surface area contributed by atoms with Gasteiger partial charge in [-0.25, -0.2) is 4.98 Å². The van der Waals surface area contributed by atoms with Crippen LogP contribution in [0, 0.1) is 0 Å². The summed E-state index contributed by atoms with van der Waals surface area (Å²) in [5, 5.41) is 3.47. The molecular formula is C16H23N3OS. The Labute approximate surface area is 130 Å². The molecule has 1 saturated heterocycles. The summed E-state index contributed by atoms with van der Waals surface area (Å²) in [5.74, 6) is 0. The number of morpholine rings is 1. The molecule has 0 amide bonds. The van der Waals surface area contributed by atoms with Gasteiger partial charge < -0.3 is 9.30 Å². The first-order valence-corrected chi connectivity index (χ1v) is 8.52. The second kappa shape index (κ2) is 6.73. The van der Waals surface area contributed by atoms with Gasteiger partial charge in [0.25, 0.3) is 0 Å². The molecule has 1 aliphatic rings. The second-order valence-electron chi connectivity index (χ2n) is 5.59. The average Bonchev–Trinajstić information content (AvgIpc) is 3.09. The van der Waals surface area contributed by atoms with Crippen molar-refractivity contribution in [2.45, 2.75) is 32.4 Å². The van der Waals surface area contributed by atoms with Crippen molar-refractivity contribution < 1.29 is 4.74 Å². The van der Waals surface area contributed by atoms with E-state index in [-0.39, 0.29) is 0 Å². The molecule has 1 unspecified atom stereocenters. The normalized spacial score (nSPS) is 20.0. The summed E-state index contributed by atoms with van der Waals surface area (Å²) in [4.78, 5) is 7.25. The van der Waals surface area contributed by atoms with Gasteiger partial charge in [-0.05, 0) is 25.0 Å². The zero-order valence-corrected chi connectivity index (χ0v) is 13.6. The van der Waals surface area contributed by atoms with Gasteiger partial charge in [0.05, 0.1) is 30.0 Å². The number of hydrogen-bond donors (Lipinski definition) is 0. The Balaban J connectivity index is 1.73. The number of rotatable bonds is 5. The molecule has 21 heavy (non-hydrogen) atoms. The van der Waals surface area contributed by atoms with Gasteiger partial charge >= 0.3 is 0 Å². The molecule has 4 nitrogen and oxygen atoms in total. The van der Waals surface area contributed by atoms with Crippen molar-refractivity contribution in [1.29, 1.82) is 0 Å². The molecule has 0 aromatic carbocycles. The van der Waals surface area contributed by atoms with Crippen molar-refractivity contribution in [1.82, 2.24) is 14.5 Å².